The van der Waals surface area contributed by atoms with Crippen LogP contribution in [0.5, 0.6) is 0 Å². The van der Waals surface area contributed by atoms with Crippen LogP contribution in [0.15, 0.2) is 36.7 Å². The summed E-state index contributed by atoms with van der Waals surface area (Å²) >= 11 is 6.23. The lowest BCUT2D eigenvalue weighted by molar-refractivity contribution is 1.05. The Bertz CT molecular complexity index is 746. The Hall–Kier alpha value is -1.84. The molecule has 2 aromatic heterocycles. The fourth-order valence-electron chi connectivity index (χ4n) is 2.35. The maximum absolute atomic E-state index is 6.23. The molecule has 0 atom stereocenters. The maximum Gasteiger partial charge on any atom is 0.139 e. The molecule has 0 spiro atoms. The minimum absolute atomic E-state index is 0.558. The van der Waals surface area contributed by atoms with Crippen LogP contribution in [-0.4, -0.2) is 9.97 Å². The van der Waals surface area contributed by atoms with E-state index < -0.39 is 0 Å². The summed E-state index contributed by atoms with van der Waals surface area (Å²) in [7, 11) is 0. The van der Waals surface area contributed by atoms with E-state index in [-0.39, 0.29) is 0 Å². The quantitative estimate of drug-likeness (QED) is 0.747. The number of hydrogen-bond donors (Lipinski definition) is 2. The number of nitrogens with two attached hydrogens (primary N) is 1. The number of pyridine rings is 1. The predicted molar refractivity (Wildman–Crippen MR) is 79.2 cm³/mol. The van der Waals surface area contributed by atoms with Gasteiger partial charge < -0.3 is 10.7 Å². The SMILES string of the molecule is Cc1cc(-c2ccnc3[nH]cc(Cl)c23)ccc1CN. The van der Waals surface area contributed by atoms with Gasteiger partial charge in [-0.25, -0.2) is 4.98 Å². The van der Waals surface area contributed by atoms with Gasteiger partial charge in [-0.1, -0.05) is 29.8 Å². The van der Waals surface area contributed by atoms with E-state index in [1.54, 1.807) is 12.4 Å². The first-order chi connectivity index (χ1) is 9.20. The second kappa shape index (κ2) is 4.68. The van der Waals surface area contributed by atoms with E-state index in [4.69, 9.17) is 17.3 Å². The standard InChI is InChI=1S/C15H14ClN3/c1-9-6-10(2-3-11(9)7-17)12-4-5-18-15-14(12)13(16)8-19-15/h2-6,8H,7,17H2,1H3,(H,18,19). The van der Waals surface area contributed by atoms with E-state index in [0.717, 1.165) is 27.7 Å². The molecule has 3 N–H and O–H groups in total. The molecular weight excluding hydrogens is 258 g/mol. The minimum Gasteiger partial charge on any atom is -0.345 e. The fourth-order valence-corrected chi connectivity index (χ4v) is 2.60. The highest BCUT2D eigenvalue weighted by Crippen LogP contribution is 2.33. The van der Waals surface area contributed by atoms with Crippen LogP contribution in [0.1, 0.15) is 11.1 Å². The minimum atomic E-state index is 0.558. The van der Waals surface area contributed by atoms with Gasteiger partial charge in [0.2, 0.25) is 0 Å². The Balaban J connectivity index is 2.24. The molecule has 0 unspecified atom stereocenters. The molecule has 1 aromatic carbocycles. The topological polar surface area (TPSA) is 54.7 Å². The van der Waals surface area contributed by atoms with Gasteiger partial charge in [0.15, 0.2) is 0 Å². The Morgan fingerprint density at radius 1 is 1.32 bits per heavy atom. The molecule has 96 valence electrons. The average molecular weight is 272 g/mol. The van der Waals surface area contributed by atoms with Crippen molar-refractivity contribution in [1.82, 2.24) is 9.97 Å². The normalized spacial score (nSPS) is 11.1. The monoisotopic (exact) mass is 271 g/mol. The fraction of sp³-hybridized carbons (Fsp3) is 0.133. The van der Waals surface area contributed by atoms with Crippen LogP contribution in [0.4, 0.5) is 0 Å². The highest BCUT2D eigenvalue weighted by Gasteiger charge is 2.10. The Morgan fingerprint density at radius 3 is 2.89 bits per heavy atom. The Kier molecular flexibility index (Phi) is 3.01. The van der Waals surface area contributed by atoms with Crippen molar-refractivity contribution < 1.29 is 0 Å². The molecule has 0 aliphatic heterocycles. The average Bonchev–Trinajstić information content (AvgIpc) is 2.81. The van der Waals surface area contributed by atoms with Crippen LogP contribution in [0.3, 0.4) is 0 Å². The third-order valence-corrected chi connectivity index (χ3v) is 3.70. The summed E-state index contributed by atoms with van der Waals surface area (Å²) in [6.07, 6.45) is 3.56. The number of H-pyrrole nitrogens is 1. The van der Waals surface area contributed by atoms with E-state index in [0.29, 0.717) is 11.6 Å². The number of fused-ring (bicyclic) bond motifs is 1. The number of aromatic amines is 1. The van der Waals surface area contributed by atoms with Gasteiger partial charge in [0.25, 0.3) is 0 Å². The van der Waals surface area contributed by atoms with E-state index >= 15 is 0 Å². The second-order valence-corrected chi connectivity index (χ2v) is 4.97. The van der Waals surface area contributed by atoms with Crippen LogP contribution in [0.25, 0.3) is 22.2 Å². The van der Waals surface area contributed by atoms with Crippen molar-refractivity contribution in [3.63, 3.8) is 0 Å². The number of hydrogen-bond acceptors (Lipinski definition) is 2. The largest absolute Gasteiger partial charge is 0.345 e. The Morgan fingerprint density at radius 2 is 2.16 bits per heavy atom. The molecule has 0 radical (unpaired) electrons. The van der Waals surface area contributed by atoms with Crippen molar-refractivity contribution in [3.05, 3.63) is 52.8 Å². The van der Waals surface area contributed by atoms with E-state index in [1.807, 2.05) is 6.07 Å². The zero-order chi connectivity index (χ0) is 13.4. The molecule has 0 amide bonds. The van der Waals surface area contributed by atoms with Crippen molar-refractivity contribution in [2.24, 2.45) is 5.73 Å². The van der Waals surface area contributed by atoms with E-state index in [2.05, 4.69) is 35.1 Å². The summed E-state index contributed by atoms with van der Waals surface area (Å²) in [6, 6.07) is 8.27. The summed E-state index contributed by atoms with van der Waals surface area (Å²) in [5, 5.41) is 1.66. The summed E-state index contributed by atoms with van der Waals surface area (Å²) < 4.78 is 0. The molecule has 0 aliphatic rings. The van der Waals surface area contributed by atoms with Crippen molar-refractivity contribution in [3.8, 4) is 11.1 Å². The lowest BCUT2D eigenvalue weighted by Crippen LogP contribution is -1.98. The van der Waals surface area contributed by atoms with Gasteiger partial charge >= 0.3 is 0 Å². The zero-order valence-corrected chi connectivity index (χ0v) is 11.3. The van der Waals surface area contributed by atoms with Gasteiger partial charge in [-0.3, -0.25) is 0 Å². The molecule has 3 nitrogen and oxygen atoms in total. The van der Waals surface area contributed by atoms with Gasteiger partial charge in [-0.15, -0.1) is 0 Å². The number of aryl methyl sites for hydroxylation is 1. The van der Waals surface area contributed by atoms with Crippen molar-refractivity contribution in [2.75, 3.05) is 0 Å². The molecule has 0 bridgehead atoms. The number of rotatable bonds is 2. The van der Waals surface area contributed by atoms with Gasteiger partial charge in [-0.2, -0.15) is 0 Å². The molecule has 0 aliphatic carbocycles. The lowest BCUT2D eigenvalue weighted by atomic mass is 9.99. The zero-order valence-electron chi connectivity index (χ0n) is 10.6. The number of aromatic nitrogens is 2. The van der Waals surface area contributed by atoms with Crippen molar-refractivity contribution >= 4 is 22.6 Å². The smallest absolute Gasteiger partial charge is 0.139 e. The van der Waals surface area contributed by atoms with Gasteiger partial charge in [-0.05, 0) is 35.2 Å². The number of nitrogens with zero attached hydrogens (tertiary/aromatic N) is 1. The molecule has 2 heterocycles. The first kappa shape index (κ1) is 12.2. The van der Waals surface area contributed by atoms with Crippen LogP contribution in [0, 0.1) is 6.92 Å². The summed E-state index contributed by atoms with van der Waals surface area (Å²) in [6.45, 7) is 2.63. The van der Waals surface area contributed by atoms with Crippen molar-refractivity contribution in [2.45, 2.75) is 13.5 Å². The second-order valence-electron chi connectivity index (χ2n) is 4.56. The summed E-state index contributed by atoms with van der Waals surface area (Å²) in [5.41, 5.74) is 11.1. The third-order valence-electron chi connectivity index (χ3n) is 3.40. The van der Waals surface area contributed by atoms with Crippen LogP contribution >= 0.6 is 11.6 Å². The summed E-state index contributed by atoms with van der Waals surface area (Å²) in [4.78, 5) is 7.36. The molecule has 0 saturated carbocycles. The predicted octanol–water partition coefficient (Wildman–Crippen LogP) is 3.65. The van der Waals surface area contributed by atoms with Gasteiger partial charge in [0.1, 0.15) is 5.65 Å². The van der Waals surface area contributed by atoms with Gasteiger partial charge in [0, 0.05) is 24.3 Å². The molecule has 3 rings (SSSR count). The maximum atomic E-state index is 6.23. The number of benzene rings is 1. The van der Waals surface area contributed by atoms with Crippen LogP contribution < -0.4 is 5.73 Å². The molecule has 3 aromatic rings. The molecule has 0 fully saturated rings. The number of nitrogens with one attached hydrogen (secondary N) is 1. The van der Waals surface area contributed by atoms with E-state index in [9.17, 15) is 0 Å². The third kappa shape index (κ3) is 2.01. The molecule has 0 saturated heterocycles. The highest BCUT2D eigenvalue weighted by atomic mass is 35.5. The molecule has 19 heavy (non-hydrogen) atoms. The van der Waals surface area contributed by atoms with Gasteiger partial charge in [0.05, 0.1) is 5.02 Å². The first-order valence-corrected chi connectivity index (χ1v) is 6.50. The van der Waals surface area contributed by atoms with Crippen LogP contribution in [-0.2, 0) is 6.54 Å². The number of halogens is 1. The highest BCUT2D eigenvalue weighted by molar-refractivity contribution is 6.36. The molecular formula is C15H14ClN3. The summed E-state index contributed by atoms with van der Waals surface area (Å²) in [5.74, 6) is 0. The van der Waals surface area contributed by atoms with Crippen molar-refractivity contribution in [1.29, 1.82) is 0 Å². The Labute approximate surface area is 116 Å². The first-order valence-electron chi connectivity index (χ1n) is 6.12. The van der Waals surface area contributed by atoms with Crippen LogP contribution in [0.2, 0.25) is 5.02 Å². The molecule has 4 heteroatoms. The lowest BCUT2D eigenvalue weighted by Gasteiger charge is -2.08. The van der Waals surface area contributed by atoms with E-state index in [1.165, 1.54) is 5.56 Å².